The fourth-order valence-corrected chi connectivity index (χ4v) is 5.10. The molecule has 2 rings (SSSR count). The predicted octanol–water partition coefficient (Wildman–Crippen LogP) is 2.47. The molecule has 1 atom stereocenters. The van der Waals surface area contributed by atoms with Gasteiger partial charge in [-0.25, -0.2) is 19.2 Å². The second-order valence-electron chi connectivity index (χ2n) is 5.20. The van der Waals surface area contributed by atoms with E-state index >= 15 is 0 Å². The summed E-state index contributed by atoms with van der Waals surface area (Å²) in [5.41, 5.74) is 2.38. The first kappa shape index (κ1) is 16.7. The van der Waals surface area contributed by atoms with Crippen LogP contribution in [0.4, 0.5) is 5.82 Å². The zero-order valence-electron chi connectivity index (χ0n) is 12.0. The molecule has 21 heavy (non-hydrogen) atoms. The number of rotatable bonds is 5. The highest BCUT2D eigenvalue weighted by molar-refractivity contribution is 9.10. The van der Waals surface area contributed by atoms with Gasteiger partial charge in [-0.2, -0.15) is 4.31 Å². The monoisotopic (exact) mass is 376 g/mol. The number of hydrogen-bond donors (Lipinski definition) is 2. The van der Waals surface area contributed by atoms with Crippen LogP contribution in [0.1, 0.15) is 39.0 Å². The van der Waals surface area contributed by atoms with Crippen LogP contribution in [0.5, 0.6) is 0 Å². The van der Waals surface area contributed by atoms with Gasteiger partial charge in [-0.15, -0.1) is 0 Å². The van der Waals surface area contributed by atoms with Gasteiger partial charge in [-0.1, -0.05) is 19.8 Å². The summed E-state index contributed by atoms with van der Waals surface area (Å²) in [6.07, 6.45) is 6.26. The highest BCUT2D eigenvalue weighted by Gasteiger charge is 2.34. The van der Waals surface area contributed by atoms with Crippen LogP contribution in [-0.2, 0) is 10.0 Å². The highest BCUT2D eigenvalue weighted by Crippen LogP contribution is 2.31. The topological polar surface area (TPSA) is 88.3 Å². The van der Waals surface area contributed by atoms with Gasteiger partial charge < -0.3 is 5.43 Å². The van der Waals surface area contributed by atoms with E-state index in [1.54, 1.807) is 10.4 Å². The lowest BCUT2D eigenvalue weighted by Gasteiger charge is -2.34. The van der Waals surface area contributed by atoms with Crippen molar-refractivity contribution in [2.75, 3.05) is 12.0 Å². The van der Waals surface area contributed by atoms with E-state index in [0.29, 0.717) is 11.0 Å². The fraction of sp³-hybridized carbons (Fsp3) is 0.615. The molecule has 2 heterocycles. The summed E-state index contributed by atoms with van der Waals surface area (Å²) in [4.78, 5) is 4.17. The Morgan fingerprint density at radius 1 is 1.52 bits per heavy atom. The molecule has 0 spiro atoms. The normalized spacial score (nSPS) is 20.4. The maximum atomic E-state index is 13.0. The Kier molecular flexibility index (Phi) is 5.59. The lowest BCUT2D eigenvalue weighted by molar-refractivity contribution is 0.239. The average Bonchev–Trinajstić information content (AvgIpc) is 2.48. The van der Waals surface area contributed by atoms with E-state index < -0.39 is 10.0 Å². The molecule has 0 bridgehead atoms. The van der Waals surface area contributed by atoms with Gasteiger partial charge in [0, 0.05) is 23.3 Å². The van der Waals surface area contributed by atoms with Crippen LogP contribution in [-0.4, -0.2) is 30.3 Å². The molecule has 118 valence electrons. The van der Waals surface area contributed by atoms with Gasteiger partial charge in [0.15, 0.2) is 5.82 Å². The number of aromatic nitrogens is 1. The van der Waals surface area contributed by atoms with Crippen molar-refractivity contribution in [3.8, 4) is 0 Å². The van der Waals surface area contributed by atoms with Crippen LogP contribution in [0.15, 0.2) is 21.6 Å². The van der Waals surface area contributed by atoms with E-state index in [0.717, 1.165) is 32.1 Å². The quantitative estimate of drug-likeness (QED) is 0.608. The molecule has 1 aromatic rings. The molecule has 1 aliphatic heterocycles. The van der Waals surface area contributed by atoms with Gasteiger partial charge in [0.25, 0.3) is 0 Å². The van der Waals surface area contributed by atoms with Crippen molar-refractivity contribution in [3.63, 3.8) is 0 Å². The second-order valence-corrected chi connectivity index (χ2v) is 7.97. The summed E-state index contributed by atoms with van der Waals surface area (Å²) in [5.74, 6) is 5.59. The number of halogens is 1. The Morgan fingerprint density at radius 3 is 2.95 bits per heavy atom. The number of hydrazine groups is 1. The molecular formula is C13H21BrN4O2S. The molecule has 1 aliphatic rings. The Balaban J connectivity index is 2.42. The van der Waals surface area contributed by atoms with E-state index in [9.17, 15) is 8.42 Å². The van der Waals surface area contributed by atoms with Crippen molar-refractivity contribution < 1.29 is 8.42 Å². The third-order valence-electron chi connectivity index (χ3n) is 3.74. The summed E-state index contributed by atoms with van der Waals surface area (Å²) >= 11 is 3.27. The van der Waals surface area contributed by atoms with Crippen molar-refractivity contribution in [2.45, 2.75) is 50.0 Å². The number of pyridine rings is 1. The summed E-state index contributed by atoms with van der Waals surface area (Å²) in [7, 11) is -3.60. The molecule has 8 heteroatoms. The molecule has 0 amide bonds. The second kappa shape index (κ2) is 7.04. The molecule has 0 saturated carbocycles. The average molecular weight is 377 g/mol. The lowest BCUT2D eigenvalue weighted by Crippen LogP contribution is -2.43. The Labute approximate surface area is 134 Å². The first-order valence-corrected chi connectivity index (χ1v) is 9.38. The van der Waals surface area contributed by atoms with Gasteiger partial charge >= 0.3 is 0 Å². The van der Waals surface area contributed by atoms with E-state index in [1.807, 2.05) is 0 Å². The van der Waals surface area contributed by atoms with Crippen molar-refractivity contribution in [3.05, 3.63) is 16.7 Å². The number of nitrogens with zero attached hydrogens (tertiary/aromatic N) is 2. The van der Waals surface area contributed by atoms with Crippen LogP contribution in [0, 0.1) is 0 Å². The fourth-order valence-electron chi connectivity index (χ4n) is 2.76. The molecule has 1 fully saturated rings. The van der Waals surface area contributed by atoms with Crippen LogP contribution >= 0.6 is 15.9 Å². The largest absolute Gasteiger partial charge is 0.307 e. The number of hydrogen-bond acceptors (Lipinski definition) is 5. The minimum absolute atomic E-state index is 0.0679. The van der Waals surface area contributed by atoms with Crippen molar-refractivity contribution in [2.24, 2.45) is 5.84 Å². The maximum absolute atomic E-state index is 13.0. The predicted molar refractivity (Wildman–Crippen MR) is 86.2 cm³/mol. The summed E-state index contributed by atoms with van der Waals surface area (Å²) in [6, 6.07) is 1.62. The van der Waals surface area contributed by atoms with Gasteiger partial charge in [0.2, 0.25) is 10.0 Å². The van der Waals surface area contributed by atoms with Crippen molar-refractivity contribution in [1.82, 2.24) is 9.29 Å². The maximum Gasteiger partial charge on any atom is 0.247 e. The smallest absolute Gasteiger partial charge is 0.247 e. The molecular weight excluding hydrogens is 356 g/mol. The zero-order chi connectivity index (χ0) is 15.5. The third-order valence-corrected chi connectivity index (χ3v) is 6.14. The van der Waals surface area contributed by atoms with Gasteiger partial charge in [0.1, 0.15) is 4.90 Å². The van der Waals surface area contributed by atoms with Crippen LogP contribution in [0.2, 0.25) is 0 Å². The van der Waals surface area contributed by atoms with Gasteiger partial charge in [-0.05, 0) is 41.3 Å². The zero-order valence-corrected chi connectivity index (χ0v) is 14.5. The number of nitrogens with one attached hydrogen (secondary N) is 1. The van der Waals surface area contributed by atoms with E-state index in [4.69, 9.17) is 5.84 Å². The molecule has 0 aromatic carbocycles. The lowest BCUT2D eigenvalue weighted by atomic mass is 10.0. The van der Waals surface area contributed by atoms with E-state index in [-0.39, 0.29) is 16.8 Å². The highest BCUT2D eigenvalue weighted by atomic mass is 79.9. The standard InChI is InChI=1S/C13H21BrN4O2S/c1-2-5-11-6-3-4-7-18(11)21(19,20)12-8-10(14)9-16-13(12)17-15/h8-9,11H,2-7,15H2,1H3,(H,16,17). The number of nitrogens with two attached hydrogens (primary N) is 1. The molecule has 1 saturated heterocycles. The molecule has 1 unspecified atom stereocenters. The van der Waals surface area contributed by atoms with Crippen LogP contribution in [0.3, 0.4) is 0 Å². The summed E-state index contributed by atoms with van der Waals surface area (Å²) in [5, 5.41) is 0. The molecule has 0 radical (unpaired) electrons. The molecule has 0 aliphatic carbocycles. The Bertz CT molecular complexity index is 592. The first-order valence-electron chi connectivity index (χ1n) is 7.14. The third kappa shape index (κ3) is 3.56. The van der Waals surface area contributed by atoms with Gasteiger partial charge in [-0.3, -0.25) is 0 Å². The Hall–Kier alpha value is -0.700. The van der Waals surface area contributed by atoms with Gasteiger partial charge in [0.05, 0.1) is 0 Å². The van der Waals surface area contributed by atoms with E-state index in [2.05, 4.69) is 33.3 Å². The summed E-state index contributed by atoms with van der Waals surface area (Å²) in [6.45, 7) is 2.64. The number of sulfonamides is 1. The minimum atomic E-state index is -3.60. The van der Waals surface area contributed by atoms with Crippen LogP contribution in [0.25, 0.3) is 0 Å². The van der Waals surface area contributed by atoms with Crippen molar-refractivity contribution in [1.29, 1.82) is 0 Å². The molecule has 6 nitrogen and oxygen atoms in total. The Morgan fingerprint density at radius 2 is 2.29 bits per heavy atom. The van der Waals surface area contributed by atoms with E-state index in [1.165, 1.54) is 6.20 Å². The summed E-state index contributed by atoms with van der Waals surface area (Å²) < 4.78 is 28.2. The number of piperidine rings is 1. The number of nitrogen functional groups attached to an aromatic ring is 1. The van der Waals surface area contributed by atoms with Crippen LogP contribution < -0.4 is 11.3 Å². The first-order chi connectivity index (χ1) is 10.0. The minimum Gasteiger partial charge on any atom is -0.307 e. The molecule has 1 aromatic heterocycles. The van der Waals surface area contributed by atoms with Crippen molar-refractivity contribution >= 4 is 31.8 Å². The SMILES string of the molecule is CCCC1CCCCN1S(=O)(=O)c1cc(Br)cnc1NN. The number of anilines is 1. The molecule has 3 N–H and O–H groups in total.